The van der Waals surface area contributed by atoms with Gasteiger partial charge in [0.15, 0.2) is 0 Å². The molecule has 2 heterocycles. The second kappa shape index (κ2) is 7.51. The van der Waals surface area contributed by atoms with E-state index in [9.17, 15) is 9.18 Å². The highest BCUT2D eigenvalue weighted by Gasteiger charge is 2.09. The second-order valence-corrected chi connectivity index (χ2v) is 4.80. The van der Waals surface area contributed by atoms with Crippen molar-refractivity contribution in [1.29, 1.82) is 0 Å². The molecular formula is C14H18FN5O2. The third-order valence-electron chi connectivity index (χ3n) is 2.98. The molecule has 0 aliphatic carbocycles. The molecule has 8 heteroatoms. The molecule has 7 nitrogen and oxygen atoms in total. The van der Waals surface area contributed by atoms with Crippen LogP contribution in [0, 0.1) is 5.82 Å². The van der Waals surface area contributed by atoms with Crippen LogP contribution in [0.1, 0.15) is 18.5 Å². The number of aromatic nitrogens is 3. The van der Waals surface area contributed by atoms with Gasteiger partial charge >= 0.3 is 0 Å². The van der Waals surface area contributed by atoms with Crippen LogP contribution in [0.4, 0.5) is 10.1 Å². The number of amides is 1. The molecule has 1 atom stereocenters. The molecule has 22 heavy (non-hydrogen) atoms. The van der Waals surface area contributed by atoms with Crippen LogP contribution in [0.2, 0.25) is 0 Å². The highest BCUT2D eigenvalue weighted by atomic mass is 19.1. The van der Waals surface area contributed by atoms with Gasteiger partial charge in [-0.25, -0.2) is 4.39 Å². The lowest BCUT2D eigenvalue weighted by Gasteiger charge is -2.13. The van der Waals surface area contributed by atoms with E-state index in [1.165, 1.54) is 10.7 Å². The average molecular weight is 307 g/mol. The molecule has 0 aromatic carbocycles. The van der Waals surface area contributed by atoms with Gasteiger partial charge in [0.1, 0.15) is 12.4 Å². The van der Waals surface area contributed by atoms with Crippen molar-refractivity contribution in [2.45, 2.75) is 19.5 Å². The maximum Gasteiger partial charge on any atom is 0.241 e. The van der Waals surface area contributed by atoms with Crippen LogP contribution in [0.3, 0.4) is 0 Å². The van der Waals surface area contributed by atoms with Crippen molar-refractivity contribution in [2.75, 3.05) is 18.5 Å². The van der Waals surface area contributed by atoms with Crippen LogP contribution < -0.4 is 10.6 Å². The number of anilines is 1. The number of aliphatic hydroxyl groups is 1. The minimum Gasteiger partial charge on any atom is -0.395 e. The van der Waals surface area contributed by atoms with E-state index in [1.54, 1.807) is 18.6 Å². The fraction of sp³-hybridized carbons (Fsp3) is 0.357. The molecular weight excluding hydrogens is 289 g/mol. The molecule has 2 aromatic rings. The summed E-state index contributed by atoms with van der Waals surface area (Å²) in [5.41, 5.74) is 1.43. The molecule has 2 aromatic heterocycles. The molecule has 0 spiro atoms. The lowest BCUT2D eigenvalue weighted by atomic mass is 10.1. The molecule has 3 N–H and O–H groups in total. The fourth-order valence-corrected chi connectivity index (χ4v) is 1.92. The minimum atomic E-state index is -0.387. The van der Waals surface area contributed by atoms with Gasteiger partial charge in [0.05, 0.1) is 30.7 Å². The zero-order chi connectivity index (χ0) is 15.9. The van der Waals surface area contributed by atoms with Crippen LogP contribution in [0.5, 0.6) is 0 Å². The first-order chi connectivity index (χ1) is 10.6. The number of hydrogen-bond donors (Lipinski definition) is 3. The summed E-state index contributed by atoms with van der Waals surface area (Å²) >= 11 is 0. The van der Waals surface area contributed by atoms with Gasteiger partial charge in [-0.05, 0) is 18.6 Å². The van der Waals surface area contributed by atoms with Gasteiger partial charge in [-0.3, -0.25) is 14.5 Å². The van der Waals surface area contributed by atoms with Crippen LogP contribution >= 0.6 is 0 Å². The second-order valence-electron chi connectivity index (χ2n) is 4.80. The topological polar surface area (TPSA) is 92.1 Å². The van der Waals surface area contributed by atoms with Crippen LogP contribution in [-0.4, -0.2) is 38.9 Å². The highest BCUT2D eigenvalue weighted by Crippen LogP contribution is 2.18. The fourth-order valence-electron chi connectivity index (χ4n) is 1.92. The van der Waals surface area contributed by atoms with Gasteiger partial charge in [0.25, 0.3) is 0 Å². The van der Waals surface area contributed by atoms with Gasteiger partial charge in [0, 0.05) is 18.9 Å². The molecule has 0 aliphatic rings. The Kier molecular flexibility index (Phi) is 5.42. The van der Waals surface area contributed by atoms with E-state index in [0.717, 1.165) is 6.20 Å². The predicted molar refractivity (Wildman–Crippen MR) is 78.6 cm³/mol. The maximum absolute atomic E-state index is 13.1. The SMILES string of the molecule is CC(Nc1cnn(CC(=O)NCCO)c1)c1cncc(F)c1. The highest BCUT2D eigenvalue weighted by molar-refractivity contribution is 5.75. The quantitative estimate of drug-likeness (QED) is 0.700. The Balaban J connectivity index is 1.92. The number of hydrogen-bond acceptors (Lipinski definition) is 5. The number of pyridine rings is 1. The summed E-state index contributed by atoms with van der Waals surface area (Å²) in [6.45, 7) is 2.06. The molecule has 0 radical (unpaired) electrons. The molecule has 2 rings (SSSR count). The van der Waals surface area contributed by atoms with Crippen molar-refractivity contribution in [1.82, 2.24) is 20.1 Å². The first kappa shape index (κ1) is 15.9. The summed E-state index contributed by atoms with van der Waals surface area (Å²) in [5, 5.41) is 18.4. The van der Waals surface area contributed by atoms with Crippen LogP contribution in [0.25, 0.3) is 0 Å². The van der Waals surface area contributed by atoms with Crippen molar-refractivity contribution in [3.8, 4) is 0 Å². The number of aliphatic hydroxyl groups excluding tert-OH is 1. The summed E-state index contributed by atoms with van der Waals surface area (Å²) in [6.07, 6.45) is 6.01. The molecule has 0 saturated carbocycles. The summed E-state index contributed by atoms with van der Waals surface area (Å²) < 4.78 is 14.6. The number of nitrogens with zero attached hydrogens (tertiary/aromatic N) is 3. The first-order valence-electron chi connectivity index (χ1n) is 6.85. The largest absolute Gasteiger partial charge is 0.395 e. The normalized spacial score (nSPS) is 12.0. The van der Waals surface area contributed by atoms with E-state index in [1.807, 2.05) is 6.92 Å². The smallest absolute Gasteiger partial charge is 0.241 e. The number of nitrogens with one attached hydrogen (secondary N) is 2. The van der Waals surface area contributed by atoms with Crippen molar-refractivity contribution in [2.24, 2.45) is 0 Å². The standard InChI is InChI=1S/C14H18FN5O2/c1-10(11-4-12(15)6-16-5-11)19-13-7-18-20(8-13)9-14(22)17-2-3-21/h4-8,10,19,21H,2-3,9H2,1H3,(H,17,22). The Labute approximate surface area is 127 Å². The van der Waals surface area contributed by atoms with Crippen molar-refractivity contribution in [3.63, 3.8) is 0 Å². The Hall–Kier alpha value is -2.48. The maximum atomic E-state index is 13.1. The van der Waals surface area contributed by atoms with E-state index >= 15 is 0 Å². The van der Waals surface area contributed by atoms with E-state index < -0.39 is 0 Å². The van der Waals surface area contributed by atoms with Gasteiger partial charge in [-0.1, -0.05) is 0 Å². The molecule has 0 bridgehead atoms. The monoisotopic (exact) mass is 307 g/mol. The minimum absolute atomic E-state index is 0.0670. The van der Waals surface area contributed by atoms with Crippen LogP contribution in [-0.2, 0) is 11.3 Å². The first-order valence-corrected chi connectivity index (χ1v) is 6.85. The Bertz CT molecular complexity index is 631. The third-order valence-corrected chi connectivity index (χ3v) is 2.98. The molecule has 0 saturated heterocycles. The van der Waals surface area contributed by atoms with Crippen molar-refractivity contribution >= 4 is 11.6 Å². The summed E-state index contributed by atoms with van der Waals surface area (Å²) in [4.78, 5) is 15.3. The van der Waals surface area contributed by atoms with Gasteiger partial charge < -0.3 is 15.7 Å². The lowest BCUT2D eigenvalue weighted by molar-refractivity contribution is -0.122. The predicted octanol–water partition coefficient (Wildman–Crippen LogP) is 0.699. The molecule has 0 fully saturated rings. The zero-order valence-corrected chi connectivity index (χ0v) is 12.2. The number of carbonyl (C=O) groups is 1. The third kappa shape index (κ3) is 4.52. The van der Waals surface area contributed by atoms with Crippen LogP contribution in [0.15, 0.2) is 30.9 Å². The average Bonchev–Trinajstić information content (AvgIpc) is 2.92. The van der Waals surface area contributed by atoms with E-state index in [-0.39, 0.29) is 37.5 Å². The Morgan fingerprint density at radius 1 is 1.45 bits per heavy atom. The lowest BCUT2D eigenvalue weighted by Crippen LogP contribution is -2.30. The van der Waals surface area contributed by atoms with Crippen molar-refractivity contribution in [3.05, 3.63) is 42.2 Å². The summed E-state index contributed by atoms with van der Waals surface area (Å²) in [6, 6.07) is 1.27. The van der Waals surface area contributed by atoms with E-state index in [4.69, 9.17) is 5.11 Å². The van der Waals surface area contributed by atoms with Gasteiger partial charge in [-0.2, -0.15) is 5.10 Å². The molecule has 1 amide bonds. The Morgan fingerprint density at radius 3 is 3.00 bits per heavy atom. The van der Waals surface area contributed by atoms with Crippen molar-refractivity contribution < 1.29 is 14.3 Å². The molecule has 0 aliphatic heterocycles. The summed E-state index contributed by atoms with van der Waals surface area (Å²) in [5.74, 6) is -0.617. The van der Waals surface area contributed by atoms with E-state index in [0.29, 0.717) is 11.3 Å². The molecule has 118 valence electrons. The van der Waals surface area contributed by atoms with E-state index in [2.05, 4.69) is 20.7 Å². The number of carbonyl (C=O) groups excluding carboxylic acids is 1. The molecule has 1 unspecified atom stereocenters. The van der Waals surface area contributed by atoms with Gasteiger partial charge in [-0.15, -0.1) is 0 Å². The number of rotatable bonds is 7. The number of halogens is 1. The Morgan fingerprint density at radius 2 is 2.27 bits per heavy atom. The summed E-state index contributed by atoms with van der Waals surface area (Å²) in [7, 11) is 0. The zero-order valence-electron chi connectivity index (χ0n) is 12.2. The van der Waals surface area contributed by atoms with Gasteiger partial charge in [0.2, 0.25) is 5.91 Å².